The Labute approximate surface area is 56.3 Å². The van der Waals surface area contributed by atoms with E-state index >= 15 is 0 Å². The molecule has 0 saturated carbocycles. The Morgan fingerprint density at radius 1 is 1.44 bits per heavy atom. The number of hydrogen-bond acceptors (Lipinski definition) is 2. The average molecular weight is 129 g/mol. The number of nitrogens with one attached hydrogen (secondary N) is 1. The van der Waals surface area contributed by atoms with Crippen molar-refractivity contribution in [3.8, 4) is 0 Å². The van der Waals surface area contributed by atoms with Crippen LogP contribution in [0, 0.1) is 11.8 Å². The maximum atomic E-state index is 9.18. The highest BCUT2D eigenvalue weighted by Gasteiger charge is 2.21. The molecule has 1 heterocycles. The van der Waals surface area contributed by atoms with Gasteiger partial charge in [-0.25, -0.2) is 0 Å². The van der Waals surface area contributed by atoms with Crippen molar-refractivity contribution in [2.75, 3.05) is 6.54 Å². The van der Waals surface area contributed by atoms with Crippen LogP contribution in [0.5, 0.6) is 0 Å². The van der Waals surface area contributed by atoms with E-state index in [4.69, 9.17) is 0 Å². The first kappa shape index (κ1) is 7.03. The first-order valence-electron chi connectivity index (χ1n) is 3.61. The number of rotatable bonds is 0. The molecule has 0 bridgehead atoms. The SMILES string of the molecule is CC1CNC(O)C(C)C1. The molecule has 0 spiro atoms. The van der Waals surface area contributed by atoms with Crippen LogP contribution >= 0.6 is 0 Å². The van der Waals surface area contributed by atoms with Crippen LogP contribution in [-0.2, 0) is 0 Å². The van der Waals surface area contributed by atoms with Gasteiger partial charge < -0.3 is 5.11 Å². The minimum atomic E-state index is -0.263. The molecular weight excluding hydrogens is 114 g/mol. The summed E-state index contributed by atoms with van der Waals surface area (Å²) in [7, 11) is 0. The Kier molecular flexibility index (Phi) is 2.09. The second kappa shape index (κ2) is 2.67. The summed E-state index contributed by atoms with van der Waals surface area (Å²) in [5, 5.41) is 12.2. The molecule has 3 unspecified atom stereocenters. The minimum absolute atomic E-state index is 0.263. The van der Waals surface area contributed by atoms with Gasteiger partial charge in [0.25, 0.3) is 0 Å². The first-order chi connectivity index (χ1) is 4.20. The summed E-state index contributed by atoms with van der Waals surface area (Å²) in [6.45, 7) is 5.24. The third kappa shape index (κ3) is 1.66. The molecule has 1 saturated heterocycles. The lowest BCUT2D eigenvalue weighted by molar-refractivity contribution is 0.0422. The second-order valence-electron chi connectivity index (χ2n) is 3.17. The van der Waals surface area contributed by atoms with E-state index in [2.05, 4.69) is 19.2 Å². The van der Waals surface area contributed by atoms with E-state index in [-0.39, 0.29) is 6.23 Å². The van der Waals surface area contributed by atoms with Gasteiger partial charge in [0.05, 0.1) is 0 Å². The van der Waals surface area contributed by atoms with Crippen molar-refractivity contribution in [3.05, 3.63) is 0 Å². The Balaban J connectivity index is 2.35. The fourth-order valence-corrected chi connectivity index (χ4v) is 1.37. The summed E-state index contributed by atoms with van der Waals surface area (Å²) >= 11 is 0. The van der Waals surface area contributed by atoms with Gasteiger partial charge in [-0.15, -0.1) is 0 Å². The summed E-state index contributed by atoms with van der Waals surface area (Å²) in [5.74, 6) is 1.15. The van der Waals surface area contributed by atoms with E-state index in [1.807, 2.05) is 0 Å². The van der Waals surface area contributed by atoms with Gasteiger partial charge in [-0.1, -0.05) is 13.8 Å². The van der Waals surface area contributed by atoms with Crippen molar-refractivity contribution < 1.29 is 5.11 Å². The molecule has 0 aromatic carbocycles. The van der Waals surface area contributed by atoms with Crippen LogP contribution in [0.3, 0.4) is 0 Å². The number of hydrogen-bond donors (Lipinski definition) is 2. The lowest BCUT2D eigenvalue weighted by Crippen LogP contribution is -2.43. The summed E-state index contributed by atoms with van der Waals surface area (Å²) in [4.78, 5) is 0. The Morgan fingerprint density at radius 2 is 2.11 bits per heavy atom. The van der Waals surface area contributed by atoms with Crippen molar-refractivity contribution in [3.63, 3.8) is 0 Å². The van der Waals surface area contributed by atoms with Crippen LogP contribution in [0.15, 0.2) is 0 Å². The largest absolute Gasteiger partial charge is 0.378 e. The van der Waals surface area contributed by atoms with Crippen LogP contribution in [-0.4, -0.2) is 17.9 Å². The van der Waals surface area contributed by atoms with Crippen molar-refractivity contribution in [2.45, 2.75) is 26.5 Å². The lowest BCUT2D eigenvalue weighted by Gasteiger charge is -2.29. The molecule has 9 heavy (non-hydrogen) atoms. The van der Waals surface area contributed by atoms with Crippen LogP contribution in [0.4, 0.5) is 0 Å². The van der Waals surface area contributed by atoms with Gasteiger partial charge in [0.1, 0.15) is 6.23 Å². The molecule has 0 aromatic rings. The van der Waals surface area contributed by atoms with Gasteiger partial charge >= 0.3 is 0 Å². The normalized spacial score (nSPS) is 45.0. The van der Waals surface area contributed by atoms with Gasteiger partial charge in [-0.2, -0.15) is 0 Å². The number of aliphatic hydroxyl groups is 1. The van der Waals surface area contributed by atoms with E-state index < -0.39 is 0 Å². The Bertz CT molecular complexity index is 94.9. The number of piperidine rings is 1. The fraction of sp³-hybridized carbons (Fsp3) is 1.00. The van der Waals surface area contributed by atoms with Crippen molar-refractivity contribution >= 4 is 0 Å². The van der Waals surface area contributed by atoms with Gasteiger partial charge in [-0.05, 0) is 18.3 Å². The van der Waals surface area contributed by atoms with E-state index in [0.29, 0.717) is 5.92 Å². The standard InChI is InChI=1S/C7H15NO/c1-5-3-6(2)7(9)8-4-5/h5-9H,3-4H2,1-2H3. The average Bonchev–Trinajstić information content (AvgIpc) is 1.80. The monoisotopic (exact) mass is 129 g/mol. The maximum absolute atomic E-state index is 9.18. The van der Waals surface area contributed by atoms with E-state index in [9.17, 15) is 5.11 Å². The van der Waals surface area contributed by atoms with Gasteiger partial charge in [0.2, 0.25) is 0 Å². The third-order valence-electron chi connectivity index (χ3n) is 1.99. The van der Waals surface area contributed by atoms with Crippen molar-refractivity contribution in [1.82, 2.24) is 5.32 Å². The van der Waals surface area contributed by atoms with Crippen LogP contribution in [0.2, 0.25) is 0 Å². The lowest BCUT2D eigenvalue weighted by atomic mass is 9.92. The summed E-state index contributed by atoms with van der Waals surface area (Å²) in [6.07, 6.45) is 0.884. The molecular formula is C7H15NO. The highest BCUT2D eigenvalue weighted by molar-refractivity contribution is 4.73. The highest BCUT2D eigenvalue weighted by Crippen LogP contribution is 2.17. The molecule has 1 rings (SSSR count). The molecule has 0 aliphatic carbocycles. The summed E-state index contributed by atoms with van der Waals surface area (Å²) < 4.78 is 0. The quantitative estimate of drug-likeness (QED) is 0.501. The molecule has 0 amide bonds. The molecule has 2 N–H and O–H groups in total. The van der Waals surface area contributed by atoms with Crippen molar-refractivity contribution in [2.24, 2.45) is 11.8 Å². The van der Waals surface area contributed by atoms with E-state index in [0.717, 1.165) is 18.9 Å². The van der Waals surface area contributed by atoms with Crippen LogP contribution < -0.4 is 5.32 Å². The Hall–Kier alpha value is -0.0800. The maximum Gasteiger partial charge on any atom is 0.107 e. The zero-order chi connectivity index (χ0) is 6.85. The van der Waals surface area contributed by atoms with Gasteiger partial charge in [0, 0.05) is 6.54 Å². The summed E-state index contributed by atoms with van der Waals surface area (Å²) in [5.41, 5.74) is 0. The van der Waals surface area contributed by atoms with E-state index in [1.54, 1.807) is 0 Å². The molecule has 2 heteroatoms. The second-order valence-corrected chi connectivity index (χ2v) is 3.17. The molecule has 1 fully saturated rings. The minimum Gasteiger partial charge on any atom is -0.378 e. The predicted molar refractivity (Wildman–Crippen MR) is 37.0 cm³/mol. The Morgan fingerprint density at radius 3 is 2.56 bits per heavy atom. The van der Waals surface area contributed by atoms with Gasteiger partial charge in [-0.3, -0.25) is 5.32 Å². The molecule has 54 valence electrons. The predicted octanol–water partition coefficient (Wildman–Crippen LogP) is 0.570. The topological polar surface area (TPSA) is 32.3 Å². The zero-order valence-electron chi connectivity index (χ0n) is 6.09. The van der Waals surface area contributed by atoms with Crippen LogP contribution in [0.1, 0.15) is 20.3 Å². The smallest absolute Gasteiger partial charge is 0.107 e. The highest BCUT2D eigenvalue weighted by atomic mass is 16.3. The van der Waals surface area contributed by atoms with Crippen LogP contribution in [0.25, 0.3) is 0 Å². The molecule has 1 aliphatic rings. The zero-order valence-corrected chi connectivity index (χ0v) is 6.09. The van der Waals surface area contributed by atoms with Crippen molar-refractivity contribution in [1.29, 1.82) is 0 Å². The summed E-state index contributed by atoms with van der Waals surface area (Å²) in [6, 6.07) is 0. The molecule has 3 atom stereocenters. The first-order valence-corrected chi connectivity index (χ1v) is 3.61. The van der Waals surface area contributed by atoms with Gasteiger partial charge in [0.15, 0.2) is 0 Å². The van der Waals surface area contributed by atoms with E-state index in [1.165, 1.54) is 0 Å². The molecule has 1 aliphatic heterocycles. The molecule has 2 nitrogen and oxygen atoms in total. The molecule has 0 radical (unpaired) electrons. The fourth-order valence-electron chi connectivity index (χ4n) is 1.37. The molecule has 0 aromatic heterocycles. The third-order valence-corrected chi connectivity index (χ3v) is 1.99. The number of aliphatic hydroxyl groups excluding tert-OH is 1.